The molecule has 0 amide bonds. The molecule has 1 heterocycles. The molecule has 0 aliphatic heterocycles. The van der Waals surface area contributed by atoms with Gasteiger partial charge in [0.25, 0.3) is 0 Å². The van der Waals surface area contributed by atoms with Crippen LogP contribution in [0.3, 0.4) is 0 Å². The summed E-state index contributed by atoms with van der Waals surface area (Å²) in [7, 11) is 1.28. The normalized spacial score (nSPS) is 12.9. The lowest BCUT2D eigenvalue weighted by atomic mass is 10.1. The summed E-state index contributed by atoms with van der Waals surface area (Å²) in [4.78, 5) is 4.22. The fourth-order valence-electron chi connectivity index (χ4n) is 2.00. The van der Waals surface area contributed by atoms with Crippen molar-refractivity contribution < 1.29 is 17.6 Å². The van der Waals surface area contributed by atoms with Gasteiger partial charge in [-0.25, -0.2) is 8.70 Å². The van der Waals surface area contributed by atoms with Crippen LogP contribution in [0.4, 0.5) is 17.6 Å². The SMILES string of the molecule is CN(Sc1cncc(C#N)c1)[C@H](c1ccc(F)cc1)C(F)(F)F. The zero-order chi connectivity index (χ0) is 17.0. The van der Waals surface area contributed by atoms with Gasteiger partial charge in [0.05, 0.1) is 5.56 Å². The molecule has 0 saturated heterocycles. The summed E-state index contributed by atoms with van der Waals surface area (Å²) in [6.45, 7) is 0. The van der Waals surface area contributed by atoms with E-state index in [1.165, 1.54) is 25.5 Å². The van der Waals surface area contributed by atoms with Crippen molar-refractivity contribution in [2.45, 2.75) is 17.1 Å². The lowest BCUT2D eigenvalue weighted by molar-refractivity contribution is -0.169. The molecule has 8 heteroatoms. The summed E-state index contributed by atoms with van der Waals surface area (Å²) in [6.07, 6.45) is -1.84. The summed E-state index contributed by atoms with van der Waals surface area (Å²) < 4.78 is 54.1. The summed E-state index contributed by atoms with van der Waals surface area (Å²) in [6, 6.07) is 5.60. The van der Waals surface area contributed by atoms with Gasteiger partial charge in [0, 0.05) is 17.3 Å². The second-order valence-electron chi connectivity index (χ2n) is 4.65. The number of pyridine rings is 1. The molecule has 1 aromatic carbocycles. The highest BCUT2D eigenvalue weighted by Gasteiger charge is 2.44. The number of benzene rings is 1. The van der Waals surface area contributed by atoms with Gasteiger partial charge in [-0.3, -0.25) is 4.98 Å². The van der Waals surface area contributed by atoms with Gasteiger partial charge >= 0.3 is 6.18 Å². The van der Waals surface area contributed by atoms with E-state index in [4.69, 9.17) is 5.26 Å². The van der Waals surface area contributed by atoms with Crippen LogP contribution >= 0.6 is 11.9 Å². The van der Waals surface area contributed by atoms with Crippen LogP contribution in [0, 0.1) is 17.1 Å². The van der Waals surface area contributed by atoms with E-state index in [1.807, 2.05) is 6.07 Å². The van der Waals surface area contributed by atoms with E-state index in [0.717, 1.165) is 40.5 Å². The van der Waals surface area contributed by atoms with Crippen LogP contribution in [0.15, 0.2) is 47.6 Å². The number of nitriles is 1. The highest BCUT2D eigenvalue weighted by Crippen LogP contribution is 2.41. The maximum atomic E-state index is 13.4. The average molecular weight is 341 g/mol. The molecule has 0 N–H and O–H groups in total. The molecule has 1 atom stereocenters. The molecule has 0 saturated carbocycles. The van der Waals surface area contributed by atoms with Gasteiger partial charge in [0.2, 0.25) is 0 Å². The van der Waals surface area contributed by atoms with E-state index in [9.17, 15) is 17.6 Å². The van der Waals surface area contributed by atoms with E-state index in [-0.39, 0.29) is 11.1 Å². The van der Waals surface area contributed by atoms with Crippen molar-refractivity contribution in [2.75, 3.05) is 7.05 Å². The van der Waals surface area contributed by atoms with E-state index in [2.05, 4.69) is 4.98 Å². The van der Waals surface area contributed by atoms with Crippen molar-refractivity contribution >= 4 is 11.9 Å². The minimum atomic E-state index is -4.54. The molecule has 1 aromatic heterocycles. The molecule has 3 nitrogen and oxygen atoms in total. The van der Waals surface area contributed by atoms with Crippen LogP contribution in [0.5, 0.6) is 0 Å². The number of hydrogen-bond acceptors (Lipinski definition) is 4. The Morgan fingerprint density at radius 2 is 1.87 bits per heavy atom. The standard InChI is InChI=1S/C15H11F4N3S/c1-22(23-13-6-10(7-20)8-21-9-13)14(15(17,18)19)11-2-4-12(16)5-3-11/h2-6,8-9,14H,1H3/t14-/m1/s1. The first kappa shape index (κ1) is 17.2. The molecule has 0 unspecified atom stereocenters. The van der Waals surface area contributed by atoms with Crippen molar-refractivity contribution in [3.8, 4) is 6.07 Å². The lowest BCUT2D eigenvalue weighted by Crippen LogP contribution is -2.31. The largest absolute Gasteiger partial charge is 0.408 e. The molecule has 120 valence electrons. The first-order valence-corrected chi connectivity index (χ1v) is 7.16. The molecule has 2 rings (SSSR count). The van der Waals surface area contributed by atoms with Gasteiger partial charge in [0.1, 0.15) is 17.9 Å². The second kappa shape index (κ2) is 6.98. The van der Waals surface area contributed by atoms with Crippen LogP contribution < -0.4 is 0 Å². The Bertz CT molecular complexity index is 710. The summed E-state index contributed by atoms with van der Waals surface area (Å²) in [5.74, 6) is -0.601. The van der Waals surface area contributed by atoms with Gasteiger partial charge in [-0.05, 0) is 42.8 Å². The molecule has 23 heavy (non-hydrogen) atoms. The predicted molar refractivity (Wildman–Crippen MR) is 77.8 cm³/mol. The van der Waals surface area contributed by atoms with Crippen molar-refractivity contribution in [1.29, 1.82) is 5.26 Å². The molecule has 0 bridgehead atoms. The first-order valence-electron chi connectivity index (χ1n) is 6.39. The molecular weight excluding hydrogens is 330 g/mol. The monoisotopic (exact) mass is 341 g/mol. The van der Waals surface area contributed by atoms with E-state index < -0.39 is 18.0 Å². The Morgan fingerprint density at radius 3 is 2.43 bits per heavy atom. The van der Waals surface area contributed by atoms with Crippen molar-refractivity contribution in [3.05, 3.63) is 59.7 Å². The van der Waals surface area contributed by atoms with Crippen LogP contribution in [-0.4, -0.2) is 22.5 Å². The highest BCUT2D eigenvalue weighted by molar-refractivity contribution is 7.97. The number of nitrogens with zero attached hydrogens (tertiary/aromatic N) is 3. The lowest BCUT2D eigenvalue weighted by Gasteiger charge is -2.29. The first-order chi connectivity index (χ1) is 10.8. The Labute approximate surface area is 134 Å². The summed E-state index contributed by atoms with van der Waals surface area (Å²) in [5.41, 5.74) is 0.187. The maximum absolute atomic E-state index is 13.4. The van der Waals surface area contributed by atoms with Crippen molar-refractivity contribution in [2.24, 2.45) is 0 Å². The Kier molecular flexibility index (Phi) is 5.23. The molecule has 0 aliphatic rings. The van der Waals surface area contributed by atoms with Gasteiger partial charge in [-0.2, -0.15) is 18.4 Å². The van der Waals surface area contributed by atoms with Gasteiger partial charge in [-0.1, -0.05) is 12.1 Å². The van der Waals surface area contributed by atoms with E-state index in [0.29, 0.717) is 4.90 Å². The number of aromatic nitrogens is 1. The van der Waals surface area contributed by atoms with Crippen LogP contribution in [-0.2, 0) is 0 Å². The van der Waals surface area contributed by atoms with Crippen molar-refractivity contribution in [1.82, 2.24) is 9.29 Å². The summed E-state index contributed by atoms with van der Waals surface area (Å²) in [5, 5.41) is 8.81. The van der Waals surface area contributed by atoms with Crippen LogP contribution in [0.2, 0.25) is 0 Å². The predicted octanol–water partition coefficient (Wildman–Crippen LogP) is 4.33. The molecule has 2 aromatic rings. The Hall–Kier alpha value is -2.11. The number of rotatable bonds is 4. The van der Waals surface area contributed by atoms with E-state index >= 15 is 0 Å². The molecule has 0 spiro atoms. The van der Waals surface area contributed by atoms with Crippen LogP contribution in [0.25, 0.3) is 0 Å². The minimum absolute atomic E-state index is 0.0710. The van der Waals surface area contributed by atoms with Gasteiger partial charge in [0.15, 0.2) is 0 Å². The fraction of sp³-hybridized carbons (Fsp3) is 0.200. The average Bonchev–Trinajstić information content (AvgIpc) is 2.48. The maximum Gasteiger partial charge on any atom is 0.408 e. The van der Waals surface area contributed by atoms with E-state index in [1.54, 1.807) is 0 Å². The third-order valence-corrected chi connectivity index (χ3v) is 3.88. The topological polar surface area (TPSA) is 39.9 Å². The number of halogens is 4. The number of hydrogen-bond donors (Lipinski definition) is 0. The van der Waals surface area contributed by atoms with Gasteiger partial charge in [-0.15, -0.1) is 0 Å². The Balaban J connectivity index is 2.28. The quantitative estimate of drug-likeness (QED) is 0.613. The highest BCUT2D eigenvalue weighted by atomic mass is 32.2. The molecule has 0 radical (unpaired) electrons. The second-order valence-corrected chi connectivity index (χ2v) is 5.88. The zero-order valence-corrected chi connectivity index (χ0v) is 12.7. The minimum Gasteiger partial charge on any atom is -0.262 e. The fourth-order valence-corrected chi connectivity index (χ4v) is 2.97. The van der Waals surface area contributed by atoms with Crippen LogP contribution in [0.1, 0.15) is 17.2 Å². The molecule has 0 fully saturated rings. The molecular formula is C15H11F4N3S. The summed E-state index contributed by atoms with van der Waals surface area (Å²) >= 11 is 0.813. The van der Waals surface area contributed by atoms with Gasteiger partial charge < -0.3 is 0 Å². The Morgan fingerprint density at radius 1 is 1.22 bits per heavy atom. The van der Waals surface area contributed by atoms with Crippen molar-refractivity contribution in [3.63, 3.8) is 0 Å². The third kappa shape index (κ3) is 4.43. The number of alkyl halides is 3. The third-order valence-electron chi connectivity index (χ3n) is 2.95. The zero-order valence-electron chi connectivity index (χ0n) is 11.9. The molecule has 0 aliphatic carbocycles. The smallest absolute Gasteiger partial charge is 0.262 e.